The zero-order valence-corrected chi connectivity index (χ0v) is 16.4. The van der Waals surface area contributed by atoms with Crippen molar-refractivity contribution >= 4 is 5.84 Å². The summed E-state index contributed by atoms with van der Waals surface area (Å²) in [4.78, 5) is 7.46. The topological polar surface area (TPSA) is 41.6 Å². The molecule has 3 aliphatic rings. The molecule has 0 spiro atoms. The van der Waals surface area contributed by atoms with Gasteiger partial charge in [-0.1, -0.05) is 67.6 Å². The summed E-state index contributed by atoms with van der Waals surface area (Å²) >= 11 is 0. The highest BCUT2D eigenvalue weighted by Crippen LogP contribution is 2.45. The minimum Gasteiger partial charge on any atom is -0.323 e. The van der Waals surface area contributed by atoms with E-state index in [0.29, 0.717) is 0 Å². The van der Waals surface area contributed by atoms with Gasteiger partial charge in [-0.2, -0.15) is 0 Å². The molecule has 2 unspecified atom stereocenters. The average molecular weight is 370 g/mol. The molecule has 2 aromatic rings. The number of rotatable bonds is 4. The van der Waals surface area contributed by atoms with E-state index in [9.17, 15) is 0 Å². The van der Waals surface area contributed by atoms with E-state index in [2.05, 4.69) is 84.8 Å². The quantitative estimate of drug-likeness (QED) is 0.785. The van der Waals surface area contributed by atoms with Gasteiger partial charge in [-0.15, -0.1) is 0 Å². The summed E-state index contributed by atoms with van der Waals surface area (Å²) in [5.74, 6) is 1.05. The molecular formula is C25H27N3. The fraction of sp³-hybridized carbons (Fsp3) is 0.320. The fourth-order valence-corrected chi connectivity index (χ4v) is 4.57. The maximum Gasteiger partial charge on any atom is 0.128 e. The van der Waals surface area contributed by atoms with Gasteiger partial charge in [0.15, 0.2) is 0 Å². The number of allylic oxidation sites excluding steroid dienone is 2. The minimum absolute atomic E-state index is 0.0821. The highest BCUT2D eigenvalue weighted by Gasteiger charge is 2.38. The average Bonchev–Trinajstić information content (AvgIpc) is 3.11. The van der Waals surface area contributed by atoms with Gasteiger partial charge >= 0.3 is 0 Å². The monoisotopic (exact) mass is 369 g/mol. The lowest BCUT2D eigenvalue weighted by molar-refractivity contribution is 0.253. The van der Waals surface area contributed by atoms with Gasteiger partial charge in [0.1, 0.15) is 11.9 Å². The van der Waals surface area contributed by atoms with Crippen LogP contribution in [0.15, 0.2) is 83.5 Å². The standard InChI is InChI=1S/C25H27N3/c1-2-18-9-14-22-27-23(24(28(22)17-18)20-7-4-3-5-8-20)19-10-12-21(13-11-19)25(26)15-6-16-25/h3-5,7-14,17,23-24H,2,6,15-16,26H2,1H3. The first-order chi connectivity index (χ1) is 13.7. The molecule has 3 heteroatoms. The number of benzene rings is 2. The van der Waals surface area contributed by atoms with E-state index >= 15 is 0 Å². The molecule has 0 saturated heterocycles. The Balaban J connectivity index is 1.53. The fourth-order valence-electron chi connectivity index (χ4n) is 4.57. The molecule has 1 saturated carbocycles. The molecule has 2 atom stereocenters. The molecule has 142 valence electrons. The van der Waals surface area contributed by atoms with Crippen molar-refractivity contribution in [2.45, 2.75) is 50.2 Å². The third-order valence-electron chi connectivity index (χ3n) is 6.51. The second kappa shape index (κ2) is 6.75. The largest absolute Gasteiger partial charge is 0.323 e. The molecule has 0 aromatic heterocycles. The van der Waals surface area contributed by atoms with E-state index in [4.69, 9.17) is 10.7 Å². The summed E-state index contributed by atoms with van der Waals surface area (Å²) in [5, 5.41) is 0. The molecule has 0 bridgehead atoms. The van der Waals surface area contributed by atoms with Crippen molar-refractivity contribution in [2.24, 2.45) is 10.7 Å². The second-order valence-corrected chi connectivity index (χ2v) is 8.22. The van der Waals surface area contributed by atoms with Crippen molar-refractivity contribution in [3.8, 4) is 0 Å². The van der Waals surface area contributed by atoms with Crippen LogP contribution in [0, 0.1) is 0 Å². The molecule has 1 aliphatic carbocycles. The van der Waals surface area contributed by atoms with Crippen LogP contribution >= 0.6 is 0 Å². The Labute approximate surface area is 167 Å². The number of aliphatic imine (C=N–C) groups is 1. The maximum absolute atomic E-state index is 6.52. The van der Waals surface area contributed by atoms with Gasteiger partial charge in [0.2, 0.25) is 0 Å². The molecule has 2 heterocycles. The van der Waals surface area contributed by atoms with Crippen molar-refractivity contribution in [2.75, 3.05) is 0 Å². The molecular weight excluding hydrogens is 342 g/mol. The second-order valence-electron chi connectivity index (χ2n) is 8.22. The Morgan fingerprint density at radius 3 is 2.39 bits per heavy atom. The van der Waals surface area contributed by atoms with Crippen LogP contribution < -0.4 is 5.73 Å². The van der Waals surface area contributed by atoms with Crippen molar-refractivity contribution in [3.05, 3.63) is 95.2 Å². The number of hydrogen-bond acceptors (Lipinski definition) is 3. The Morgan fingerprint density at radius 2 is 1.75 bits per heavy atom. The first-order valence-corrected chi connectivity index (χ1v) is 10.4. The van der Waals surface area contributed by atoms with Crippen LogP contribution in [0.5, 0.6) is 0 Å². The normalized spacial score (nSPS) is 25.0. The van der Waals surface area contributed by atoms with Crippen LogP contribution in [0.3, 0.4) is 0 Å². The molecule has 3 nitrogen and oxygen atoms in total. The van der Waals surface area contributed by atoms with E-state index in [1.807, 2.05) is 0 Å². The number of hydrogen-bond donors (Lipinski definition) is 1. The minimum atomic E-state index is -0.113. The van der Waals surface area contributed by atoms with Crippen LogP contribution in [0.4, 0.5) is 0 Å². The van der Waals surface area contributed by atoms with Crippen molar-refractivity contribution in [1.82, 2.24) is 4.90 Å². The van der Waals surface area contributed by atoms with Gasteiger partial charge in [-0.3, -0.25) is 4.99 Å². The zero-order chi connectivity index (χ0) is 19.1. The molecule has 28 heavy (non-hydrogen) atoms. The Morgan fingerprint density at radius 1 is 1.00 bits per heavy atom. The summed E-state index contributed by atoms with van der Waals surface area (Å²) in [7, 11) is 0. The lowest BCUT2D eigenvalue weighted by Crippen LogP contribution is -2.43. The van der Waals surface area contributed by atoms with Crippen molar-refractivity contribution in [3.63, 3.8) is 0 Å². The van der Waals surface area contributed by atoms with Crippen LogP contribution in [-0.2, 0) is 5.54 Å². The van der Waals surface area contributed by atoms with Crippen LogP contribution in [0.25, 0.3) is 0 Å². The van der Waals surface area contributed by atoms with Gasteiger partial charge in [0, 0.05) is 11.7 Å². The third kappa shape index (κ3) is 2.82. The van der Waals surface area contributed by atoms with Crippen molar-refractivity contribution in [1.29, 1.82) is 0 Å². The van der Waals surface area contributed by atoms with Gasteiger partial charge in [-0.05, 0) is 54.0 Å². The predicted molar refractivity (Wildman–Crippen MR) is 115 cm³/mol. The van der Waals surface area contributed by atoms with Gasteiger partial charge in [-0.25, -0.2) is 0 Å². The molecule has 2 aromatic carbocycles. The van der Waals surface area contributed by atoms with E-state index in [1.54, 1.807) is 0 Å². The molecule has 2 N–H and O–H groups in total. The SMILES string of the molecule is CCC1=CN2C(=NC(c3ccc(C4(N)CCC4)cc3)C2c2ccccc2)C=C1. The summed E-state index contributed by atoms with van der Waals surface area (Å²) in [6.07, 6.45) is 11.1. The summed E-state index contributed by atoms with van der Waals surface area (Å²) in [6, 6.07) is 19.9. The lowest BCUT2D eigenvalue weighted by atomic mass is 9.72. The number of amidine groups is 1. The summed E-state index contributed by atoms with van der Waals surface area (Å²) in [6.45, 7) is 2.20. The van der Waals surface area contributed by atoms with Gasteiger partial charge in [0.05, 0.1) is 6.04 Å². The van der Waals surface area contributed by atoms with Gasteiger partial charge in [0.25, 0.3) is 0 Å². The van der Waals surface area contributed by atoms with E-state index < -0.39 is 0 Å². The first-order valence-electron chi connectivity index (χ1n) is 10.4. The lowest BCUT2D eigenvalue weighted by Gasteiger charge is -2.38. The summed E-state index contributed by atoms with van der Waals surface area (Å²) < 4.78 is 0. The van der Waals surface area contributed by atoms with E-state index in [-0.39, 0.29) is 17.6 Å². The maximum atomic E-state index is 6.52. The highest BCUT2D eigenvalue weighted by atomic mass is 15.3. The highest BCUT2D eigenvalue weighted by molar-refractivity contribution is 5.97. The predicted octanol–water partition coefficient (Wildman–Crippen LogP) is 5.38. The van der Waals surface area contributed by atoms with Crippen LogP contribution in [-0.4, -0.2) is 10.7 Å². The Kier molecular flexibility index (Phi) is 4.21. The molecule has 2 aliphatic heterocycles. The Hall–Kier alpha value is -2.65. The Bertz CT molecular complexity index is 949. The molecule has 0 radical (unpaired) electrons. The number of nitrogens with two attached hydrogens (primary N) is 1. The smallest absolute Gasteiger partial charge is 0.128 e. The van der Waals surface area contributed by atoms with Gasteiger partial charge < -0.3 is 10.6 Å². The summed E-state index contributed by atoms with van der Waals surface area (Å²) in [5.41, 5.74) is 11.6. The molecule has 0 amide bonds. The first kappa shape index (κ1) is 17.4. The van der Waals surface area contributed by atoms with E-state index in [0.717, 1.165) is 25.1 Å². The van der Waals surface area contributed by atoms with Crippen LogP contribution in [0.2, 0.25) is 0 Å². The zero-order valence-electron chi connectivity index (χ0n) is 16.4. The molecule has 1 fully saturated rings. The van der Waals surface area contributed by atoms with E-state index in [1.165, 1.54) is 28.7 Å². The van der Waals surface area contributed by atoms with Crippen LogP contribution in [0.1, 0.15) is 61.4 Å². The number of nitrogens with zero attached hydrogens (tertiary/aromatic N) is 2. The third-order valence-corrected chi connectivity index (χ3v) is 6.51. The van der Waals surface area contributed by atoms with Crippen molar-refractivity contribution < 1.29 is 0 Å². The molecule has 5 rings (SSSR count). The number of fused-ring (bicyclic) bond motifs is 1.